The summed E-state index contributed by atoms with van der Waals surface area (Å²) in [4.78, 5) is 0. The molecule has 1 saturated carbocycles. The topological polar surface area (TPSA) is 75.4 Å². The van der Waals surface area contributed by atoms with Crippen molar-refractivity contribution >= 4 is 10.2 Å². The predicted octanol–water partition coefficient (Wildman–Crippen LogP) is 1.32. The lowest BCUT2D eigenvalue weighted by molar-refractivity contribution is 0.262. The Kier molecular flexibility index (Phi) is 5.84. The fourth-order valence-corrected chi connectivity index (χ4v) is 4.69. The van der Waals surface area contributed by atoms with Crippen LogP contribution in [-0.2, 0) is 10.2 Å². The molecule has 20 heavy (non-hydrogen) atoms. The van der Waals surface area contributed by atoms with E-state index in [4.69, 9.17) is 5.73 Å². The zero-order valence-electron chi connectivity index (χ0n) is 12.6. The Bertz CT molecular complexity index is 391. The van der Waals surface area contributed by atoms with Crippen LogP contribution >= 0.6 is 0 Å². The average Bonchev–Trinajstić information content (AvgIpc) is 2.47. The molecule has 1 aliphatic carbocycles. The van der Waals surface area contributed by atoms with Crippen LogP contribution in [0, 0.1) is 17.8 Å². The summed E-state index contributed by atoms with van der Waals surface area (Å²) in [7, 11) is -3.31. The number of nitrogens with two attached hydrogens (primary N) is 1. The first kappa shape index (κ1) is 16.2. The van der Waals surface area contributed by atoms with Crippen LogP contribution < -0.4 is 10.5 Å². The lowest BCUT2D eigenvalue weighted by atomic mass is 9.83. The first-order valence-corrected chi connectivity index (χ1v) is 9.40. The van der Waals surface area contributed by atoms with Crippen LogP contribution in [0.2, 0.25) is 0 Å². The van der Waals surface area contributed by atoms with E-state index in [1.165, 1.54) is 12.8 Å². The molecule has 2 aliphatic rings. The Morgan fingerprint density at radius 3 is 2.50 bits per heavy atom. The number of hydrogen-bond acceptors (Lipinski definition) is 3. The molecular formula is C14H29N3O2S. The SMILES string of the molecule is CC1CCC(CNS(=O)(=O)N2CCCC(CN)C2)CC1. The van der Waals surface area contributed by atoms with Gasteiger partial charge in [0.2, 0.25) is 0 Å². The Morgan fingerprint density at radius 1 is 1.15 bits per heavy atom. The Morgan fingerprint density at radius 2 is 1.85 bits per heavy atom. The lowest BCUT2D eigenvalue weighted by Gasteiger charge is -2.32. The summed E-state index contributed by atoms with van der Waals surface area (Å²) < 4.78 is 29.1. The van der Waals surface area contributed by atoms with E-state index in [1.807, 2.05) is 0 Å². The molecule has 0 radical (unpaired) electrons. The minimum atomic E-state index is -3.31. The quantitative estimate of drug-likeness (QED) is 0.804. The molecule has 2 fully saturated rings. The zero-order valence-corrected chi connectivity index (χ0v) is 13.4. The second kappa shape index (κ2) is 7.20. The van der Waals surface area contributed by atoms with Crippen molar-refractivity contribution < 1.29 is 8.42 Å². The second-order valence-corrected chi connectivity index (χ2v) is 8.34. The van der Waals surface area contributed by atoms with Gasteiger partial charge in [-0.3, -0.25) is 0 Å². The van der Waals surface area contributed by atoms with Gasteiger partial charge in [-0.1, -0.05) is 19.8 Å². The largest absolute Gasteiger partial charge is 0.330 e. The van der Waals surface area contributed by atoms with Gasteiger partial charge in [-0.15, -0.1) is 0 Å². The molecule has 0 aromatic rings. The smallest absolute Gasteiger partial charge is 0.279 e. The first-order chi connectivity index (χ1) is 9.51. The Balaban J connectivity index is 1.81. The van der Waals surface area contributed by atoms with Gasteiger partial charge >= 0.3 is 0 Å². The molecule has 0 amide bonds. The highest BCUT2D eigenvalue weighted by atomic mass is 32.2. The van der Waals surface area contributed by atoms with Crippen LogP contribution in [0.4, 0.5) is 0 Å². The minimum Gasteiger partial charge on any atom is -0.330 e. The van der Waals surface area contributed by atoms with E-state index in [0.717, 1.165) is 31.6 Å². The molecule has 2 rings (SSSR count). The molecule has 0 aromatic heterocycles. The standard InChI is InChI=1S/C14H29N3O2S/c1-12-4-6-13(7-5-12)10-16-20(18,19)17-8-2-3-14(9-15)11-17/h12-14,16H,2-11,15H2,1H3. The number of piperidine rings is 1. The number of hydrogen-bond donors (Lipinski definition) is 2. The molecule has 0 aromatic carbocycles. The maximum Gasteiger partial charge on any atom is 0.279 e. The second-order valence-electron chi connectivity index (χ2n) is 6.58. The van der Waals surface area contributed by atoms with Crippen LogP contribution in [0.3, 0.4) is 0 Å². The number of nitrogens with one attached hydrogen (secondary N) is 1. The van der Waals surface area contributed by atoms with E-state index in [0.29, 0.717) is 38.0 Å². The summed E-state index contributed by atoms with van der Waals surface area (Å²) in [5.74, 6) is 1.63. The van der Waals surface area contributed by atoms with Crippen molar-refractivity contribution in [2.75, 3.05) is 26.2 Å². The van der Waals surface area contributed by atoms with Crippen molar-refractivity contribution in [2.24, 2.45) is 23.5 Å². The monoisotopic (exact) mass is 303 g/mol. The highest BCUT2D eigenvalue weighted by Gasteiger charge is 2.29. The van der Waals surface area contributed by atoms with Gasteiger partial charge in [0.15, 0.2) is 0 Å². The van der Waals surface area contributed by atoms with Crippen LogP contribution in [0.15, 0.2) is 0 Å². The number of rotatable bonds is 5. The molecule has 6 heteroatoms. The van der Waals surface area contributed by atoms with E-state index >= 15 is 0 Å². The van der Waals surface area contributed by atoms with Gasteiger partial charge in [0.05, 0.1) is 0 Å². The van der Waals surface area contributed by atoms with Crippen molar-refractivity contribution in [2.45, 2.75) is 45.4 Å². The van der Waals surface area contributed by atoms with Gasteiger partial charge < -0.3 is 5.73 Å². The van der Waals surface area contributed by atoms with Gasteiger partial charge in [-0.2, -0.15) is 12.7 Å². The van der Waals surface area contributed by atoms with Crippen LogP contribution in [0.25, 0.3) is 0 Å². The summed E-state index contributed by atoms with van der Waals surface area (Å²) in [6, 6.07) is 0. The molecule has 0 bridgehead atoms. The maximum absolute atomic E-state index is 12.3. The van der Waals surface area contributed by atoms with Gasteiger partial charge in [-0.25, -0.2) is 4.72 Å². The highest BCUT2D eigenvalue weighted by Crippen LogP contribution is 2.28. The molecule has 1 saturated heterocycles. The average molecular weight is 303 g/mol. The Hall–Kier alpha value is -0.170. The molecule has 1 unspecified atom stereocenters. The van der Waals surface area contributed by atoms with Crippen molar-refractivity contribution in [1.29, 1.82) is 0 Å². The van der Waals surface area contributed by atoms with Crippen molar-refractivity contribution in [3.05, 3.63) is 0 Å². The maximum atomic E-state index is 12.3. The third kappa shape index (κ3) is 4.41. The molecule has 0 spiro atoms. The zero-order chi connectivity index (χ0) is 14.6. The van der Waals surface area contributed by atoms with Crippen LogP contribution in [0.1, 0.15) is 45.4 Å². The molecule has 118 valence electrons. The molecule has 1 aliphatic heterocycles. The van der Waals surface area contributed by atoms with Gasteiger partial charge in [0, 0.05) is 19.6 Å². The van der Waals surface area contributed by atoms with E-state index < -0.39 is 10.2 Å². The molecule has 3 N–H and O–H groups in total. The third-order valence-corrected chi connectivity index (χ3v) is 6.39. The van der Waals surface area contributed by atoms with Crippen LogP contribution in [0.5, 0.6) is 0 Å². The van der Waals surface area contributed by atoms with E-state index in [9.17, 15) is 8.42 Å². The summed E-state index contributed by atoms with van der Waals surface area (Å²) in [5, 5.41) is 0. The molecule has 1 heterocycles. The summed E-state index contributed by atoms with van der Waals surface area (Å²) in [5.41, 5.74) is 5.67. The fourth-order valence-electron chi connectivity index (χ4n) is 3.29. The predicted molar refractivity (Wildman–Crippen MR) is 81.4 cm³/mol. The van der Waals surface area contributed by atoms with Crippen molar-refractivity contribution in [3.63, 3.8) is 0 Å². The minimum absolute atomic E-state index is 0.316. The van der Waals surface area contributed by atoms with Crippen molar-refractivity contribution in [1.82, 2.24) is 9.03 Å². The summed E-state index contributed by atoms with van der Waals surface area (Å²) in [6.45, 7) is 4.66. The molecule has 1 atom stereocenters. The first-order valence-electron chi connectivity index (χ1n) is 7.96. The lowest BCUT2D eigenvalue weighted by Crippen LogP contribution is -2.48. The molecular weight excluding hydrogens is 274 g/mol. The van der Waals surface area contributed by atoms with E-state index in [2.05, 4.69) is 11.6 Å². The van der Waals surface area contributed by atoms with Gasteiger partial charge in [0.1, 0.15) is 0 Å². The van der Waals surface area contributed by atoms with Crippen LogP contribution in [-0.4, -0.2) is 38.9 Å². The normalized spacial score (nSPS) is 33.2. The number of nitrogens with zero attached hydrogens (tertiary/aromatic N) is 1. The Labute approximate surface area is 123 Å². The third-order valence-electron chi connectivity index (χ3n) is 4.84. The van der Waals surface area contributed by atoms with E-state index in [-0.39, 0.29) is 0 Å². The fraction of sp³-hybridized carbons (Fsp3) is 1.00. The van der Waals surface area contributed by atoms with E-state index in [1.54, 1.807) is 4.31 Å². The van der Waals surface area contributed by atoms with Gasteiger partial charge in [-0.05, 0) is 50.0 Å². The van der Waals surface area contributed by atoms with Gasteiger partial charge in [0.25, 0.3) is 10.2 Å². The summed E-state index contributed by atoms with van der Waals surface area (Å²) >= 11 is 0. The summed E-state index contributed by atoms with van der Waals surface area (Å²) in [6.07, 6.45) is 6.72. The molecule has 5 nitrogen and oxygen atoms in total. The highest BCUT2D eigenvalue weighted by molar-refractivity contribution is 7.87. The van der Waals surface area contributed by atoms with Crippen molar-refractivity contribution in [3.8, 4) is 0 Å².